The standard InChI is InChI=1S/C25H32N4O2/c1-18-7-6-9-22(20(18)3)26-24(30)16-27-11-13-28(14-12-27)17-25(31)29-19(2)15-21-8-4-5-10-23(21)29/h4-10,19H,11-17H2,1-3H3,(H,26,30)/p+2/t19-/m0/s1. The SMILES string of the molecule is Cc1cccc(NC(=O)C[NH+]2CC[NH+](CC(=O)N3c4ccccc4C[C@@H]3C)CC2)c1C. The van der Waals surface area contributed by atoms with Crippen LogP contribution in [-0.2, 0) is 16.0 Å². The smallest absolute Gasteiger partial charge is 0.282 e. The van der Waals surface area contributed by atoms with E-state index in [2.05, 4.69) is 37.4 Å². The van der Waals surface area contributed by atoms with Gasteiger partial charge in [0.2, 0.25) is 0 Å². The molecule has 1 fully saturated rings. The van der Waals surface area contributed by atoms with Gasteiger partial charge in [-0.25, -0.2) is 0 Å². The van der Waals surface area contributed by atoms with Crippen molar-refractivity contribution < 1.29 is 19.4 Å². The van der Waals surface area contributed by atoms with E-state index in [1.165, 1.54) is 20.9 Å². The molecule has 2 aliphatic rings. The van der Waals surface area contributed by atoms with Crippen molar-refractivity contribution >= 4 is 23.2 Å². The second-order valence-corrected chi connectivity index (χ2v) is 9.09. The number of benzene rings is 2. The molecule has 2 aliphatic heterocycles. The molecule has 2 aromatic rings. The summed E-state index contributed by atoms with van der Waals surface area (Å²) in [6.07, 6.45) is 0.935. The zero-order valence-corrected chi connectivity index (χ0v) is 18.8. The van der Waals surface area contributed by atoms with Crippen LogP contribution in [-0.4, -0.2) is 57.1 Å². The number of amides is 2. The van der Waals surface area contributed by atoms with Gasteiger partial charge in [-0.15, -0.1) is 0 Å². The minimum atomic E-state index is 0.0609. The molecule has 2 amide bonds. The summed E-state index contributed by atoms with van der Waals surface area (Å²) in [5, 5.41) is 3.07. The molecule has 4 rings (SSSR count). The topological polar surface area (TPSA) is 58.3 Å². The van der Waals surface area contributed by atoms with Crippen molar-refractivity contribution in [1.82, 2.24) is 0 Å². The van der Waals surface area contributed by atoms with Gasteiger partial charge in [0.1, 0.15) is 26.2 Å². The zero-order valence-electron chi connectivity index (χ0n) is 18.8. The first-order valence-electron chi connectivity index (χ1n) is 11.4. The maximum absolute atomic E-state index is 13.0. The average Bonchev–Trinajstić information content (AvgIpc) is 3.08. The van der Waals surface area contributed by atoms with Crippen molar-refractivity contribution in [1.29, 1.82) is 0 Å². The number of carbonyl (C=O) groups is 2. The van der Waals surface area contributed by atoms with Crippen molar-refractivity contribution in [3.05, 3.63) is 59.2 Å². The number of hydrogen-bond acceptors (Lipinski definition) is 2. The number of para-hydroxylation sites is 1. The molecule has 164 valence electrons. The lowest BCUT2D eigenvalue weighted by Gasteiger charge is -2.31. The van der Waals surface area contributed by atoms with Gasteiger partial charge in [0.25, 0.3) is 11.8 Å². The summed E-state index contributed by atoms with van der Waals surface area (Å²) < 4.78 is 0. The lowest BCUT2D eigenvalue weighted by molar-refractivity contribution is -1.00. The molecule has 2 heterocycles. The summed E-state index contributed by atoms with van der Waals surface area (Å²) in [6, 6.07) is 14.5. The van der Waals surface area contributed by atoms with E-state index in [1.54, 1.807) is 0 Å². The maximum atomic E-state index is 13.0. The summed E-state index contributed by atoms with van der Waals surface area (Å²) >= 11 is 0. The molecule has 0 aliphatic carbocycles. The molecular formula is C25H34N4O2+2. The molecule has 0 spiro atoms. The Morgan fingerprint density at radius 3 is 2.39 bits per heavy atom. The van der Waals surface area contributed by atoms with Gasteiger partial charge in [-0.05, 0) is 56.0 Å². The fourth-order valence-electron chi connectivity index (χ4n) is 4.86. The van der Waals surface area contributed by atoms with E-state index in [4.69, 9.17) is 0 Å². The van der Waals surface area contributed by atoms with Crippen LogP contribution in [0, 0.1) is 13.8 Å². The Balaban J connectivity index is 1.26. The second kappa shape index (κ2) is 9.20. The molecule has 31 heavy (non-hydrogen) atoms. The molecule has 0 bridgehead atoms. The molecule has 3 N–H and O–H groups in total. The zero-order chi connectivity index (χ0) is 22.0. The molecule has 0 unspecified atom stereocenters. The quantitative estimate of drug-likeness (QED) is 0.636. The number of nitrogens with one attached hydrogen (secondary N) is 3. The van der Waals surface area contributed by atoms with Crippen LogP contribution in [0.4, 0.5) is 11.4 Å². The van der Waals surface area contributed by atoms with E-state index >= 15 is 0 Å². The van der Waals surface area contributed by atoms with Crippen molar-refractivity contribution in [3.8, 4) is 0 Å². The van der Waals surface area contributed by atoms with E-state index in [9.17, 15) is 9.59 Å². The first kappa shape index (κ1) is 21.5. The first-order valence-corrected chi connectivity index (χ1v) is 11.4. The third-order valence-corrected chi connectivity index (χ3v) is 6.83. The van der Waals surface area contributed by atoms with Crippen LogP contribution in [0.1, 0.15) is 23.6 Å². The van der Waals surface area contributed by atoms with Crippen LogP contribution in [0.3, 0.4) is 0 Å². The van der Waals surface area contributed by atoms with E-state index in [0.29, 0.717) is 13.1 Å². The minimum Gasteiger partial charge on any atom is -0.321 e. The molecular weight excluding hydrogens is 388 g/mol. The fraction of sp³-hybridized carbons (Fsp3) is 0.440. The monoisotopic (exact) mass is 422 g/mol. The summed E-state index contributed by atoms with van der Waals surface area (Å²) in [4.78, 5) is 30.2. The number of hydrogen-bond donors (Lipinski definition) is 3. The molecule has 6 nitrogen and oxygen atoms in total. The maximum Gasteiger partial charge on any atom is 0.282 e. The van der Waals surface area contributed by atoms with Gasteiger partial charge in [0, 0.05) is 17.4 Å². The molecule has 0 radical (unpaired) electrons. The molecule has 2 aromatic carbocycles. The van der Waals surface area contributed by atoms with Gasteiger partial charge in [0.15, 0.2) is 13.1 Å². The highest BCUT2D eigenvalue weighted by Gasteiger charge is 2.34. The number of rotatable bonds is 5. The van der Waals surface area contributed by atoms with Crippen LogP contribution in [0.2, 0.25) is 0 Å². The van der Waals surface area contributed by atoms with Crippen LogP contribution < -0.4 is 20.0 Å². The van der Waals surface area contributed by atoms with Crippen LogP contribution >= 0.6 is 0 Å². The lowest BCUT2D eigenvalue weighted by Crippen LogP contribution is -3.28. The van der Waals surface area contributed by atoms with Crippen molar-refractivity contribution in [2.24, 2.45) is 0 Å². The summed E-state index contributed by atoms with van der Waals surface area (Å²) in [5.41, 5.74) is 5.55. The Morgan fingerprint density at radius 2 is 1.65 bits per heavy atom. The van der Waals surface area contributed by atoms with E-state index in [-0.39, 0.29) is 17.9 Å². The normalized spacial score (nSPS) is 22.8. The van der Waals surface area contributed by atoms with E-state index < -0.39 is 0 Å². The van der Waals surface area contributed by atoms with E-state index in [0.717, 1.165) is 49.5 Å². The third kappa shape index (κ3) is 4.81. The predicted molar refractivity (Wildman–Crippen MR) is 123 cm³/mol. The Hall–Kier alpha value is -2.70. The summed E-state index contributed by atoms with van der Waals surface area (Å²) in [5.74, 6) is 0.272. The van der Waals surface area contributed by atoms with Gasteiger partial charge in [0.05, 0.1) is 0 Å². The number of quaternary nitrogens is 2. The van der Waals surface area contributed by atoms with Gasteiger partial charge < -0.3 is 20.0 Å². The Labute approximate surface area is 184 Å². The van der Waals surface area contributed by atoms with Crippen molar-refractivity contribution in [2.75, 3.05) is 49.5 Å². The number of nitrogens with zero attached hydrogens (tertiary/aromatic N) is 1. The second-order valence-electron chi connectivity index (χ2n) is 9.09. The average molecular weight is 423 g/mol. The summed E-state index contributed by atoms with van der Waals surface area (Å²) in [7, 11) is 0. The largest absolute Gasteiger partial charge is 0.321 e. The molecule has 0 saturated carbocycles. The third-order valence-electron chi connectivity index (χ3n) is 6.83. The predicted octanol–water partition coefficient (Wildman–Crippen LogP) is 0.00314. The van der Waals surface area contributed by atoms with Gasteiger partial charge >= 0.3 is 0 Å². The molecule has 1 saturated heterocycles. The summed E-state index contributed by atoms with van der Waals surface area (Å²) in [6.45, 7) is 10.9. The number of fused-ring (bicyclic) bond motifs is 1. The highest BCUT2D eigenvalue weighted by Crippen LogP contribution is 2.31. The number of aryl methyl sites for hydroxylation is 1. The molecule has 6 heteroatoms. The van der Waals surface area contributed by atoms with Crippen LogP contribution in [0.15, 0.2) is 42.5 Å². The minimum absolute atomic E-state index is 0.0609. The molecule has 1 atom stereocenters. The first-order chi connectivity index (χ1) is 14.9. The number of carbonyl (C=O) groups excluding carboxylic acids is 2. The Bertz CT molecular complexity index is 966. The number of piperazine rings is 1. The fourth-order valence-corrected chi connectivity index (χ4v) is 4.86. The lowest BCUT2D eigenvalue weighted by atomic mass is 10.1. The van der Waals surface area contributed by atoms with Gasteiger partial charge in [-0.1, -0.05) is 30.3 Å². The van der Waals surface area contributed by atoms with Gasteiger partial charge in [-0.3, -0.25) is 9.59 Å². The molecule has 0 aromatic heterocycles. The highest BCUT2D eigenvalue weighted by atomic mass is 16.2. The van der Waals surface area contributed by atoms with Crippen LogP contribution in [0.5, 0.6) is 0 Å². The Kier molecular flexibility index (Phi) is 6.39. The van der Waals surface area contributed by atoms with Gasteiger partial charge in [-0.2, -0.15) is 0 Å². The number of anilines is 2. The highest BCUT2D eigenvalue weighted by molar-refractivity contribution is 5.96. The Morgan fingerprint density at radius 1 is 0.968 bits per heavy atom. The van der Waals surface area contributed by atoms with Crippen LogP contribution in [0.25, 0.3) is 0 Å². The van der Waals surface area contributed by atoms with Crippen molar-refractivity contribution in [3.63, 3.8) is 0 Å². The van der Waals surface area contributed by atoms with E-state index in [1.807, 2.05) is 36.1 Å². The van der Waals surface area contributed by atoms with Crippen molar-refractivity contribution in [2.45, 2.75) is 33.2 Å².